The van der Waals surface area contributed by atoms with E-state index in [4.69, 9.17) is 0 Å². The van der Waals surface area contributed by atoms with Crippen molar-refractivity contribution in [3.63, 3.8) is 0 Å². The third-order valence-electron chi connectivity index (χ3n) is 4.03. The standard InChI is InChI=1S/C21H17N5O/c27-20(17-10-5-2-6-11-17)26-21(23-14-16-8-3-1-4-9-16)24-19(25-26)18-12-7-13-22-15-18/h1-13,15H,14H2,(H,23,24,25). The molecule has 1 N–H and O–H groups in total. The van der Waals surface area contributed by atoms with E-state index in [1.165, 1.54) is 4.68 Å². The predicted octanol–water partition coefficient (Wildman–Crippen LogP) is 3.64. The fraction of sp³-hybridized carbons (Fsp3) is 0.0476. The molecule has 0 amide bonds. The van der Waals surface area contributed by atoms with E-state index >= 15 is 0 Å². The van der Waals surface area contributed by atoms with E-state index in [0.717, 1.165) is 11.1 Å². The molecule has 0 saturated heterocycles. The molecule has 4 aromatic rings. The van der Waals surface area contributed by atoms with E-state index in [2.05, 4.69) is 20.4 Å². The lowest BCUT2D eigenvalue weighted by atomic mass is 10.2. The highest BCUT2D eigenvalue weighted by molar-refractivity contribution is 5.97. The number of rotatable bonds is 5. The van der Waals surface area contributed by atoms with Crippen molar-refractivity contribution in [3.05, 3.63) is 96.3 Å². The molecule has 132 valence electrons. The van der Waals surface area contributed by atoms with Gasteiger partial charge in [0.05, 0.1) is 0 Å². The number of hydrogen-bond acceptors (Lipinski definition) is 5. The SMILES string of the molecule is O=C(c1ccccc1)n1nc(-c2cccnc2)nc1NCc1ccccc1. The Bertz CT molecular complexity index is 1030. The molecule has 2 aromatic carbocycles. The maximum atomic E-state index is 12.9. The van der Waals surface area contributed by atoms with Crippen LogP contribution < -0.4 is 5.32 Å². The van der Waals surface area contributed by atoms with Crippen LogP contribution in [0.25, 0.3) is 11.4 Å². The number of pyridine rings is 1. The summed E-state index contributed by atoms with van der Waals surface area (Å²) in [5.74, 6) is 0.600. The third-order valence-corrected chi connectivity index (χ3v) is 4.03. The first kappa shape index (κ1) is 16.7. The van der Waals surface area contributed by atoms with E-state index in [9.17, 15) is 4.79 Å². The van der Waals surface area contributed by atoms with Gasteiger partial charge in [-0.05, 0) is 29.8 Å². The molecule has 0 fully saturated rings. The van der Waals surface area contributed by atoms with Crippen LogP contribution in [-0.2, 0) is 6.54 Å². The average Bonchev–Trinajstić information content (AvgIpc) is 3.18. The summed E-state index contributed by atoms with van der Waals surface area (Å²) in [6.07, 6.45) is 3.36. The number of benzene rings is 2. The van der Waals surface area contributed by atoms with Crippen molar-refractivity contribution in [2.75, 3.05) is 5.32 Å². The summed E-state index contributed by atoms with van der Waals surface area (Å²) in [5, 5.41) is 7.64. The van der Waals surface area contributed by atoms with E-state index in [1.807, 2.05) is 60.7 Å². The Hall–Kier alpha value is -3.80. The molecule has 2 heterocycles. The van der Waals surface area contributed by atoms with Crippen molar-refractivity contribution in [1.82, 2.24) is 19.7 Å². The Balaban J connectivity index is 1.69. The molecule has 27 heavy (non-hydrogen) atoms. The van der Waals surface area contributed by atoms with Crippen molar-refractivity contribution < 1.29 is 4.79 Å². The Morgan fingerprint density at radius 2 is 1.67 bits per heavy atom. The molecule has 0 saturated carbocycles. The van der Waals surface area contributed by atoms with Gasteiger partial charge in [0.1, 0.15) is 0 Å². The van der Waals surface area contributed by atoms with Crippen LogP contribution in [0.1, 0.15) is 15.9 Å². The zero-order valence-electron chi connectivity index (χ0n) is 14.5. The second-order valence-corrected chi connectivity index (χ2v) is 5.92. The first-order valence-corrected chi connectivity index (χ1v) is 8.56. The van der Waals surface area contributed by atoms with Crippen molar-refractivity contribution in [2.45, 2.75) is 6.54 Å². The van der Waals surface area contributed by atoms with Crippen molar-refractivity contribution in [2.24, 2.45) is 0 Å². The molecule has 0 aliphatic heterocycles. The molecule has 2 aromatic heterocycles. The monoisotopic (exact) mass is 355 g/mol. The first-order valence-electron chi connectivity index (χ1n) is 8.56. The largest absolute Gasteiger partial charge is 0.350 e. The Morgan fingerprint density at radius 3 is 2.37 bits per heavy atom. The minimum atomic E-state index is -0.242. The summed E-state index contributed by atoms with van der Waals surface area (Å²) < 4.78 is 1.31. The molecule has 0 radical (unpaired) electrons. The number of carbonyl (C=O) groups is 1. The molecule has 6 heteroatoms. The van der Waals surface area contributed by atoms with Gasteiger partial charge in [0.15, 0.2) is 5.82 Å². The zero-order chi connectivity index (χ0) is 18.5. The Kier molecular flexibility index (Phi) is 4.70. The van der Waals surface area contributed by atoms with Crippen LogP contribution in [0.15, 0.2) is 85.2 Å². The number of nitrogens with one attached hydrogen (secondary N) is 1. The predicted molar refractivity (Wildman–Crippen MR) is 103 cm³/mol. The summed E-state index contributed by atoms with van der Waals surface area (Å²) in [6, 6.07) is 22.6. The normalized spacial score (nSPS) is 10.5. The van der Waals surface area contributed by atoms with Gasteiger partial charge in [0.2, 0.25) is 5.95 Å². The van der Waals surface area contributed by atoms with Crippen molar-refractivity contribution in [1.29, 1.82) is 0 Å². The van der Waals surface area contributed by atoms with Gasteiger partial charge in [-0.3, -0.25) is 9.78 Å². The van der Waals surface area contributed by atoms with Gasteiger partial charge in [-0.15, -0.1) is 5.10 Å². The highest BCUT2D eigenvalue weighted by atomic mass is 16.2. The quantitative estimate of drug-likeness (QED) is 0.592. The second-order valence-electron chi connectivity index (χ2n) is 5.92. The molecule has 0 unspecified atom stereocenters. The highest BCUT2D eigenvalue weighted by Gasteiger charge is 2.18. The lowest BCUT2D eigenvalue weighted by Gasteiger charge is -2.07. The topological polar surface area (TPSA) is 72.7 Å². The van der Waals surface area contributed by atoms with Gasteiger partial charge in [-0.1, -0.05) is 48.5 Å². The van der Waals surface area contributed by atoms with Crippen LogP contribution in [-0.4, -0.2) is 25.7 Å². The Labute approximate surface area is 156 Å². The van der Waals surface area contributed by atoms with Crippen LogP contribution in [0.3, 0.4) is 0 Å². The number of hydrogen-bond donors (Lipinski definition) is 1. The van der Waals surface area contributed by atoms with Crippen LogP contribution in [0.4, 0.5) is 5.95 Å². The summed E-state index contributed by atoms with van der Waals surface area (Å²) in [5.41, 5.74) is 2.38. The molecule has 0 atom stereocenters. The number of aromatic nitrogens is 4. The minimum Gasteiger partial charge on any atom is -0.350 e. The molecular formula is C21H17N5O. The second kappa shape index (κ2) is 7.61. The molecule has 0 aliphatic rings. The van der Waals surface area contributed by atoms with E-state index in [-0.39, 0.29) is 5.91 Å². The molecule has 4 rings (SSSR count). The summed E-state index contributed by atoms with van der Waals surface area (Å²) in [6.45, 7) is 0.536. The van der Waals surface area contributed by atoms with Crippen molar-refractivity contribution in [3.8, 4) is 11.4 Å². The number of carbonyl (C=O) groups excluding carboxylic acids is 1. The average molecular weight is 355 g/mol. The molecule has 6 nitrogen and oxygen atoms in total. The van der Waals surface area contributed by atoms with E-state index in [0.29, 0.717) is 23.9 Å². The van der Waals surface area contributed by atoms with Gasteiger partial charge >= 0.3 is 0 Å². The summed E-state index contributed by atoms with van der Waals surface area (Å²) in [4.78, 5) is 21.6. The van der Waals surface area contributed by atoms with Crippen molar-refractivity contribution >= 4 is 11.9 Å². The van der Waals surface area contributed by atoms with Crippen LogP contribution in [0, 0.1) is 0 Å². The van der Waals surface area contributed by atoms with Gasteiger partial charge in [0, 0.05) is 30.1 Å². The summed E-state index contributed by atoms with van der Waals surface area (Å²) >= 11 is 0. The van der Waals surface area contributed by atoms with Crippen LogP contribution in [0.5, 0.6) is 0 Å². The number of anilines is 1. The highest BCUT2D eigenvalue weighted by Crippen LogP contribution is 2.18. The minimum absolute atomic E-state index is 0.242. The fourth-order valence-electron chi connectivity index (χ4n) is 2.67. The number of nitrogens with zero attached hydrogens (tertiary/aromatic N) is 4. The van der Waals surface area contributed by atoms with Gasteiger partial charge < -0.3 is 5.32 Å². The Morgan fingerprint density at radius 1 is 0.926 bits per heavy atom. The first-order chi connectivity index (χ1) is 13.3. The summed E-state index contributed by atoms with van der Waals surface area (Å²) in [7, 11) is 0. The molecule has 0 aliphatic carbocycles. The maximum absolute atomic E-state index is 12.9. The van der Waals surface area contributed by atoms with Gasteiger partial charge in [-0.2, -0.15) is 9.67 Å². The molecule has 0 bridgehead atoms. The lowest BCUT2D eigenvalue weighted by Crippen LogP contribution is -2.17. The lowest BCUT2D eigenvalue weighted by molar-refractivity contribution is 0.0947. The zero-order valence-corrected chi connectivity index (χ0v) is 14.5. The van der Waals surface area contributed by atoms with Gasteiger partial charge in [-0.25, -0.2) is 0 Å². The van der Waals surface area contributed by atoms with E-state index < -0.39 is 0 Å². The van der Waals surface area contributed by atoms with E-state index in [1.54, 1.807) is 24.5 Å². The van der Waals surface area contributed by atoms with Crippen LogP contribution >= 0.6 is 0 Å². The molecular weight excluding hydrogens is 338 g/mol. The van der Waals surface area contributed by atoms with Gasteiger partial charge in [0.25, 0.3) is 5.91 Å². The van der Waals surface area contributed by atoms with Crippen LogP contribution in [0.2, 0.25) is 0 Å². The third kappa shape index (κ3) is 3.74. The smallest absolute Gasteiger partial charge is 0.281 e. The fourth-order valence-corrected chi connectivity index (χ4v) is 2.67. The maximum Gasteiger partial charge on any atom is 0.281 e. The molecule has 0 spiro atoms.